The van der Waals surface area contributed by atoms with Gasteiger partial charge in [0.25, 0.3) is 0 Å². The van der Waals surface area contributed by atoms with Crippen molar-refractivity contribution >= 4 is 5.52 Å². The van der Waals surface area contributed by atoms with Crippen LogP contribution in [0.1, 0.15) is 11.1 Å². The minimum atomic E-state index is -0.0213. The maximum atomic E-state index is 8.89. The lowest BCUT2D eigenvalue weighted by atomic mass is 10.2. The van der Waals surface area contributed by atoms with Gasteiger partial charge in [-0.1, -0.05) is 0 Å². The molecule has 0 aliphatic heterocycles. The van der Waals surface area contributed by atoms with Gasteiger partial charge in [0, 0.05) is 6.20 Å². The summed E-state index contributed by atoms with van der Waals surface area (Å²) in [7, 11) is 0. The third kappa shape index (κ3) is 1.15. The van der Waals surface area contributed by atoms with Gasteiger partial charge in [0.05, 0.1) is 23.9 Å². The van der Waals surface area contributed by atoms with Crippen molar-refractivity contribution in [2.24, 2.45) is 0 Å². The number of pyridine rings is 1. The van der Waals surface area contributed by atoms with E-state index in [1.165, 1.54) is 6.20 Å². The fourth-order valence-corrected chi connectivity index (χ4v) is 1.21. The van der Waals surface area contributed by atoms with Gasteiger partial charge in [-0.3, -0.25) is 0 Å². The van der Waals surface area contributed by atoms with Crippen LogP contribution in [0.4, 0.5) is 0 Å². The molecule has 2 rings (SSSR count). The van der Waals surface area contributed by atoms with Gasteiger partial charge in [-0.05, 0) is 17.7 Å². The van der Waals surface area contributed by atoms with Crippen molar-refractivity contribution < 1.29 is 5.11 Å². The van der Waals surface area contributed by atoms with E-state index < -0.39 is 0 Å². The number of aliphatic hydroxyl groups excluding tert-OH is 1. The van der Waals surface area contributed by atoms with E-state index in [0.29, 0.717) is 5.56 Å². The quantitative estimate of drug-likeness (QED) is 0.690. The molecule has 0 aliphatic rings. The van der Waals surface area contributed by atoms with E-state index in [9.17, 15) is 0 Å². The summed E-state index contributed by atoms with van der Waals surface area (Å²) in [6.07, 6.45) is 3.23. The van der Waals surface area contributed by atoms with E-state index >= 15 is 0 Å². The first-order valence-electron chi connectivity index (χ1n) is 3.82. The highest BCUT2D eigenvalue weighted by Crippen LogP contribution is 2.11. The van der Waals surface area contributed by atoms with Crippen LogP contribution >= 0.6 is 0 Å². The predicted octanol–water partition coefficient (Wildman–Crippen LogP) is 0.698. The smallest absolute Gasteiger partial charge is 0.103 e. The molecule has 0 saturated heterocycles. The molecule has 2 heterocycles. The number of aromatic nitrogens is 2. The second-order valence-corrected chi connectivity index (χ2v) is 2.69. The Balaban J connectivity index is 2.73. The molecule has 0 radical (unpaired) electrons. The second kappa shape index (κ2) is 2.88. The van der Waals surface area contributed by atoms with Gasteiger partial charge in [-0.25, -0.2) is 4.52 Å². The van der Waals surface area contributed by atoms with Crippen LogP contribution in [0.15, 0.2) is 24.5 Å². The average Bonchev–Trinajstić information content (AvgIpc) is 2.59. The fraction of sp³-hybridized carbons (Fsp3) is 0.111. The monoisotopic (exact) mass is 173 g/mol. The van der Waals surface area contributed by atoms with Gasteiger partial charge in [-0.2, -0.15) is 10.4 Å². The average molecular weight is 173 g/mol. The van der Waals surface area contributed by atoms with Gasteiger partial charge in [-0.15, -0.1) is 0 Å². The van der Waals surface area contributed by atoms with Gasteiger partial charge in [0.1, 0.15) is 6.07 Å². The normalized spacial score (nSPS) is 10.2. The van der Waals surface area contributed by atoms with Crippen LogP contribution in [0.3, 0.4) is 0 Å². The topological polar surface area (TPSA) is 61.3 Å². The zero-order chi connectivity index (χ0) is 9.26. The minimum absolute atomic E-state index is 0.0213. The van der Waals surface area contributed by atoms with Gasteiger partial charge >= 0.3 is 0 Å². The highest BCUT2D eigenvalue weighted by molar-refractivity contribution is 5.60. The Labute approximate surface area is 74.7 Å². The largest absolute Gasteiger partial charge is 0.392 e. The van der Waals surface area contributed by atoms with Crippen LogP contribution < -0.4 is 0 Å². The van der Waals surface area contributed by atoms with Crippen LogP contribution in [0.5, 0.6) is 0 Å². The summed E-state index contributed by atoms with van der Waals surface area (Å²) in [5, 5.41) is 21.6. The third-order valence-electron chi connectivity index (χ3n) is 1.89. The number of rotatable bonds is 1. The number of hydrogen-bond donors (Lipinski definition) is 1. The Hall–Kier alpha value is -1.86. The Morgan fingerprint density at radius 3 is 3.15 bits per heavy atom. The van der Waals surface area contributed by atoms with Crippen LogP contribution in [0.2, 0.25) is 0 Å². The Kier molecular flexibility index (Phi) is 1.72. The molecule has 0 atom stereocenters. The number of nitrogens with zero attached hydrogens (tertiary/aromatic N) is 3. The Morgan fingerprint density at radius 2 is 2.46 bits per heavy atom. The molecule has 0 amide bonds. The Morgan fingerprint density at radius 1 is 1.62 bits per heavy atom. The molecular weight excluding hydrogens is 166 g/mol. The van der Waals surface area contributed by atoms with E-state index in [1.807, 2.05) is 6.07 Å². The van der Waals surface area contributed by atoms with Gasteiger partial charge in [0.2, 0.25) is 0 Å². The van der Waals surface area contributed by atoms with Crippen LogP contribution in [0.25, 0.3) is 5.52 Å². The number of fused-ring (bicyclic) bond motifs is 1. The molecule has 0 spiro atoms. The van der Waals surface area contributed by atoms with Crippen LogP contribution in [-0.2, 0) is 6.61 Å². The van der Waals surface area contributed by atoms with Crippen molar-refractivity contribution in [1.29, 1.82) is 5.26 Å². The molecule has 2 aromatic rings. The van der Waals surface area contributed by atoms with E-state index in [-0.39, 0.29) is 6.61 Å². The van der Waals surface area contributed by atoms with E-state index in [1.54, 1.807) is 22.8 Å². The maximum absolute atomic E-state index is 8.89. The lowest BCUT2D eigenvalue weighted by Gasteiger charge is -1.96. The lowest BCUT2D eigenvalue weighted by Crippen LogP contribution is -1.89. The summed E-state index contributed by atoms with van der Waals surface area (Å²) in [6, 6.07) is 5.56. The van der Waals surface area contributed by atoms with Gasteiger partial charge < -0.3 is 5.11 Å². The minimum Gasteiger partial charge on any atom is -0.392 e. The summed E-state index contributed by atoms with van der Waals surface area (Å²) in [4.78, 5) is 0. The summed E-state index contributed by atoms with van der Waals surface area (Å²) in [5.41, 5.74) is 2.04. The molecule has 4 nitrogen and oxygen atoms in total. The summed E-state index contributed by atoms with van der Waals surface area (Å²) in [5.74, 6) is 0. The summed E-state index contributed by atoms with van der Waals surface area (Å²) < 4.78 is 1.61. The lowest BCUT2D eigenvalue weighted by molar-refractivity contribution is 0.282. The first kappa shape index (κ1) is 7.77. The molecule has 2 aromatic heterocycles. The zero-order valence-electron chi connectivity index (χ0n) is 6.81. The van der Waals surface area contributed by atoms with Crippen molar-refractivity contribution in [3.63, 3.8) is 0 Å². The molecular formula is C9H7N3O. The number of nitriles is 1. The SMILES string of the molecule is N#Cc1cnn2ccc(CO)cc12. The zero-order valence-corrected chi connectivity index (χ0v) is 6.81. The van der Waals surface area contributed by atoms with E-state index in [0.717, 1.165) is 11.1 Å². The predicted molar refractivity (Wildman–Crippen MR) is 45.8 cm³/mol. The van der Waals surface area contributed by atoms with Crippen molar-refractivity contribution in [3.05, 3.63) is 35.7 Å². The standard InChI is InChI=1S/C9H7N3O/c10-4-8-5-11-12-2-1-7(6-13)3-9(8)12/h1-3,5,13H,6H2. The maximum Gasteiger partial charge on any atom is 0.103 e. The van der Waals surface area contributed by atoms with Gasteiger partial charge in [0.15, 0.2) is 0 Å². The molecule has 0 saturated carbocycles. The molecule has 13 heavy (non-hydrogen) atoms. The molecule has 0 unspecified atom stereocenters. The summed E-state index contributed by atoms with van der Waals surface area (Å²) >= 11 is 0. The van der Waals surface area contributed by atoms with Crippen LogP contribution in [0, 0.1) is 11.3 Å². The highest BCUT2D eigenvalue weighted by Gasteiger charge is 2.02. The van der Waals surface area contributed by atoms with Crippen molar-refractivity contribution in [2.45, 2.75) is 6.61 Å². The van der Waals surface area contributed by atoms with Crippen molar-refractivity contribution in [3.8, 4) is 6.07 Å². The first-order valence-corrected chi connectivity index (χ1v) is 3.82. The molecule has 4 heteroatoms. The van der Waals surface area contributed by atoms with Crippen LogP contribution in [-0.4, -0.2) is 14.7 Å². The molecule has 64 valence electrons. The molecule has 0 bridgehead atoms. The second-order valence-electron chi connectivity index (χ2n) is 2.69. The molecule has 0 aromatic carbocycles. The highest BCUT2D eigenvalue weighted by atomic mass is 16.3. The molecule has 1 N–H and O–H groups in total. The third-order valence-corrected chi connectivity index (χ3v) is 1.89. The van der Waals surface area contributed by atoms with E-state index in [4.69, 9.17) is 10.4 Å². The molecule has 0 aliphatic carbocycles. The number of aliphatic hydroxyl groups is 1. The van der Waals surface area contributed by atoms with Crippen molar-refractivity contribution in [2.75, 3.05) is 0 Å². The first-order chi connectivity index (χ1) is 6.35. The molecule has 0 fully saturated rings. The summed E-state index contributed by atoms with van der Waals surface area (Å²) in [6.45, 7) is -0.0213. The van der Waals surface area contributed by atoms with Crippen molar-refractivity contribution in [1.82, 2.24) is 9.61 Å². The number of hydrogen-bond acceptors (Lipinski definition) is 3. The Bertz CT molecular complexity index is 481. The van der Waals surface area contributed by atoms with E-state index in [2.05, 4.69) is 5.10 Å². The fourth-order valence-electron chi connectivity index (χ4n) is 1.21.